The third-order valence-electron chi connectivity index (χ3n) is 5.35. The summed E-state index contributed by atoms with van der Waals surface area (Å²) in [6.45, 7) is 6.72. The Labute approximate surface area is 120 Å². The number of aliphatic carboxylic acids is 1. The summed E-state index contributed by atoms with van der Waals surface area (Å²) in [6, 6.07) is 8.61. The summed E-state index contributed by atoms with van der Waals surface area (Å²) in [5, 5.41) is 9.59. The van der Waals surface area contributed by atoms with E-state index in [1.807, 2.05) is 13.8 Å². The van der Waals surface area contributed by atoms with Crippen molar-refractivity contribution in [1.29, 1.82) is 0 Å². The molecule has 0 spiro atoms. The van der Waals surface area contributed by atoms with E-state index >= 15 is 0 Å². The molecule has 0 aromatic heterocycles. The summed E-state index contributed by atoms with van der Waals surface area (Å²) in [5.41, 5.74) is 2.39. The van der Waals surface area contributed by atoms with Crippen molar-refractivity contribution in [2.75, 3.05) is 19.6 Å². The maximum absolute atomic E-state index is 11.7. The van der Waals surface area contributed by atoms with Gasteiger partial charge in [0.2, 0.25) is 0 Å². The van der Waals surface area contributed by atoms with E-state index in [2.05, 4.69) is 29.2 Å². The molecular weight excluding hydrogens is 250 g/mol. The van der Waals surface area contributed by atoms with E-state index in [1.54, 1.807) is 0 Å². The van der Waals surface area contributed by atoms with Crippen molar-refractivity contribution in [2.24, 2.45) is 11.3 Å². The lowest BCUT2D eigenvalue weighted by Gasteiger charge is -2.34. The molecule has 1 saturated heterocycles. The SMILES string of the molecule is CC(C)C1(C(=O)O)CCN(CC2Cc3ccccc32)C1. The zero-order valence-corrected chi connectivity index (χ0v) is 12.3. The number of nitrogens with zero attached hydrogens (tertiary/aromatic N) is 1. The molecule has 2 aliphatic rings. The number of hydrogen-bond donors (Lipinski definition) is 1. The highest BCUT2D eigenvalue weighted by Crippen LogP contribution is 2.41. The normalized spacial score (nSPS) is 29.2. The molecule has 2 atom stereocenters. The van der Waals surface area contributed by atoms with Crippen molar-refractivity contribution in [3.05, 3.63) is 35.4 Å². The molecule has 1 fully saturated rings. The fourth-order valence-corrected chi connectivity index (χ4v) is 3.80. The molecule has 1 aliphatic carbocycles. The maximum Gasteiger partial charge on any atom is 0.311 e. The van der Waals surface area contributed by atoms with Crippen LogP contribution < -0.4 is 0 Å². The third-order valence-corrected chi connectivity index (χ3v) is 5.35. The van der Waals surface area contributed by atoms with Crippen LogP contribution in [-0.4, -0.2) is 35.6 Å². The Hall–Kier alpha value is -1.35. The fraction of sp³-hybridized carbons (Fsp3) is 0.588. The monoisotopic (exact) mass is 273 g/mol. The molecule has 0 amide bonds. The Morgan fingerprint density at radius 3 is 2.80 bits per heavy atom. The number of rotatable bonds is 4. The summed E-state index contributed by atoms with van der Waals surface area (Å²) < 4.78 is 0. The van der Waals surface area contributed by atoms with E-state index in [0.29, 0.717) is 12.5 Å². The summed E-state index contributed by atoms with van der Waals surface area (Å²) >= 11 is 0. The molecule has 0 bridgehead atoms. The van der Waals surface area contributed by atoms with Crippen LogP contribution >= 0.6 is 0 Å². The molecule has 0 saturated carbocycles. The summed E-state index contributed by atoms with van der Waals surface area (Å²) in [4.78, 5) is 14.0. The van der Waals surface area contributed by atoms with Crippen molar-refractivity contribution in [3.8, 4) is 0 Å². The second-order valence-corrected chi connectivity index (χ2v) is 6.70. The van der Waals surface area contributed by atoms with E-state index in [0.717, 1.165) is 25.9 Å². The summed E-state index contributed by atoms with van der Waals surface area (Å²) in [6.07, 6.45) is 1.93. The van der Waals surface area contributed by atoms with Gasteiger partial charge in [0.15, 0.2) is 0 Å². The van der Waals surface area contributed by atoms with Crippen LogP contribution in [0.15, 0.2) is 24.3 Å². The lowest BCUT2D eigenvalue weighted by molar-refractivity contribution is -0.151. The molecule has 20 heavy (non-hydrogen) atoms. The second-order valence-electron chi connectivity index (χ2n) is 6.70. The van der Waals surface area contributed by atoms with Crippen LogP contribution in [0.5, 0.6) is 0 Å². The van der Waals surface area contributed by atoms with Crippen LogP contribution in [-0.2, 0) is 11.2 Å². The highest BCUT2D eigenvalue weighted by Gasteiger charge is 2.47. The van der Waals surface area contributed by atoms with Crippen molar-refractivity contribution in [1.82, 2.24) is 4.90 Å². The molecule has 108 valence electrons. The minimum absolute atomic E-state index is 0.193. The van der Waals surface area contributed by atoms with Gasteiger partial charge in [0.05, 0.1) is 5.41 Å². The fourth-order valence-electron chi connectivity index (χ4n) is 3.80. The standard InChI is InChI=1S/C17H23NO2/c1-12(2)17(16(19)20)7-8-18(11-17)10-14-9-13-5-3-4-6-15(13)14/h3-6,12,14H,7-11H2,1-2H3,(H,19,20). The molecular formula is C17H23NO2. The number of carbonyl (C=O) groups is 1. The van der Waals surface area contributed by atoms with Gasteiger partial charge >= 0.3 is 5.97 Å². The average molecular weight is 273 g/mol. The quantitative estimate of drug-likeness (QED) is 0.917. The molecule has 0 radical (unpaired) electrons. The van der Waals surface area contributed by atoms with Gasteiger partial charge in [-0.25, -0.2) is 0 Å². The van der Waals surface area contributed by atoms with Crippen LogP contribution in [0, 0.1) is 11.3 Å². The first-order chi connectivity index (χ1) is 9.53. The molecule has 3 heteroatoms. The van der Waals surface area contributed by atoms with Crippen LogP contribution in [0.25, 0.3) is 0 Å². The molecule has 1 aliphatic heterocycles. The minimum Gasteiger partial charge on any atom is -0.481 e. The summed E-state index contributed by atoms with van der Waals surface area (Å²) in [7, 11) is 0. The molecule has 3 rings (SSSR count). The van der Waals surface area contributed by atoms with E-state index in [1.165, 1.54) is 11.1 Å². The number of hydrogen-bond acceptors (Lipinski definition) is 2. The Kier molecular flexibility index (Phi) is 3.33. The van der Waals surface area contributed by atoms with Crippen molar-refractivity contribution in [2.45, 2.75) is 32.6 Å². The molecule has 1 aromatic rings. The third kappa shape index (κ3) is 2.05. The number of carboxylic acid groups (broad SMARTS) is 1. The molecule has 1 N–H and O–H groups in total. The van der Waals surface area contributed by atoms with Crippen molar-refractivity contribution < 1.29 is 9.90 Å². The molecule has 1 heterocycles. The van der Waals surface area contributed by atoms with Gasteiger partial charge in [0, 0.05) is 19.0 Å². The topological polar surface area (TPSA) is 40.5 Å². The first-order valence-electron chi connectivity index (χ1n) is 7.56. The number of fused-ring (bicyclic) bond motifs is 1. The zero-order valence-electron chi connectivity index (χ0n) is 12.3. The first-order valence-corrected chi connectivity index (χ1v) is 7.56. The molecule has 2 unspecified atom stereocenters. The largest absolute Gasteiger partial charge is 0.481 e. The highest BCUT2D eigenvalue weighted by molar-refractivity contribution is 5.75. The van der Waals surface area contributed by atoms with Crippen LogP contribution in [0.2, 0.25) is 0 Å². The smallest absolute Gasteiger partial charge is 0.311 e. The Balaban J connectivity index is 1.66. The highest BCUT2D eigenvalue weighted by atomic mass is 16.4. The van der Waals surface area contributed by atoms with E-state index in [4.69, 9.17) is 0 Å². The predicted molar refractivity (Wildman–Crippen MR) is 78.9 cm³/mol. The number of benzene rings is 1. The van der Waals surface area contributed by atoms with Gasteiger partial charge in [-0.05, 0) is 36.4 Å². The maximum atomic E-state index is 11.7. The second kappa shape index (κ2) is 4.88. The Bertz CT molecular complexity index is 525. The number of likely N-dealkylation sites (tertiary alicyclic amines) is 1. The first kappa shape index (κ1) is 13.6. The zero-order chi connectivity index (χ0) is 14.3. The average Bonchev–Trinajstić information content (AvgIpc) is 2.81. The van der Waals surface area contributed by atoms with E-state index < -0.39 is 11.4 Å². The number of carboxylic acids is 1. The molecule has 1 aromatic carbocycles. The van der Waals surface area contributed by atoms with E-state index in [9.17, 15) is 9.90 Å². The minimum atomic E-state index is -0.621. The van der Waals surface area contributed by atoms with Gasteiger partial charge in [-0.15, -0.1) is 0 Å². The van der Waals surface area contributed by atoms with Crippen LogP contribution in [0.1, 0.15) is 37.3 Å². The van der Waals surface area contributed by atoms with Crippen LogP contribution in [0.3, 0.4) is 0 Å². The van der Waals surface area contributed by atoms with Gasteiger partial charge in [-0.3, -0.25) is 4.79 Å². The lowest BCUT2D eigenvalue weighted by atomic mass is 9.76. The van der Waals surface area contributed by atoms with Gasteiger partial charge in [-0.1, -0.05) is 38.1 Å². The van der Waals surface area contributed by atoms with Gasteiger partial charge in [0.1, 0.15) is 0 Å². The van der Waals surface area contributed by atoms with Crippen molar-refractivity contribution >= 4 is 5.97 Å². The Morgan fingerprint density at radius 2 is 2.20 bits per heavy atom. The van der Waals surface area contributed by atoms with Crippen LogP contribution in [0.4, 0.5) is 0 Å². The van der Waals surface area contributed by atoms with Gasteiger partial charge in [0.25, 0.3) is 0 Å². The summed E-state index contributed by atoms with van der Waals surface area (Å²) in [5.74, 6) is 0.172. The molecule has 3 nitrogen and oxygen atoms in total. The van der Waals surface area contributed by atoms with Gasteiger partial charge in [-0.2, -0.15) is 0 Å². The van der Waals surface area contributed by atoms with Crippen molar-refractivity contribution in [3.63, 3.8) is 0 Å². The predicted octanol–water partition coefficient (Wildman–Crippen LogP) is 2.76. The van der Waals surface area contributed by atoms with Gasteiger partial charge < -0.3 is 10.0 Å². The Morgan fingerprint density at radius 1 is 1.45 bits per heavy atom. The lowest BCUT2D eigenvalue weighted by Crippen LogP contribution is -2.40. The van der Waals surface area contributed by atoms with E-state index in [-0.39, 0.29) is 5.92 Å².